The molecule has 2 aromatic rings. The van der Waals surface area contributed by atoms with Crippen molar-refractivity contribution in [3.05, 3.63) is 71.3 Å². The number of hydrogen-bond acceptors (Lipinski definition) is 2. The molecule has 0 radical (unpaired) electrons. The van der Waals surface area contributed by atoms with Crippen molar-refractivity contribution >= 4 is 12.6 Å². The van der Waals surface area contributed by atoms with Crippen molar-refractivity contribution in [3.63, 3.8) is 0 Å². The summed E-state index contributed by atoms with van der Waals surface area (Å²) in [4.78, 5) is 20.0. The van der Waals surface area contributed by atoms with E-state index >= 15 is 0 Å². The molecule has 4 heteroatoms. The lowest BCUT2D eigenvalue weighted by molar-refractivity contribution is 0.111. The van der Waals surface area contributed by atoms with E-state index in [1.54, 1.807) is 0 Å². The second-order valence-corrected chi connectivity index (χ2v) is 3.34. The van der Waals surface area contributed by atoms with Crippen molar-refractivity contribution in [2.75, 3.05) is 0 Å². The summed E-state index contributed by atoms with van der Waals surface area (Å²) in [5, 5.41) is 0. The summed E-state index contributed by atoms with van der Waals surface area (Å²) in [6.07, 6.45) is 1.36. The van der Waals surface area contributed by atoms with Crippen LogP contribution in [-0.2, 0) is 0 Å². The molecule has 0 aliphatic rings. The van der Waals surface area contributed by atoms with Crippen molar-refractivity contribution in [1.29, 1.82) is 0 Å². The molecule has 0 spiro atoms. The van der Waals surface area contributed by atoms with Crippen LogP contribution in [0.5, 0.6) is 0 Å². The van der Waals surface area contributed by atoms with Gasteiger partial charge in [0.15, 0.2) is 0 Å². The van der Waals surface area contributed by atoms with Gasteiger partial charge in [-0.2, -0.15) is 0 Å². The number of carbonyl (C=O) groups excluding carboxylic acids is 2. The third-order valence-electron chi connectivity index (χ3n) is 2.01. The van der Waals surface area contributed by atoms with Crippen LogP contribution in [0.2, 0.25) is 0 Å². The zero-order valence-electron chi connectivity index (χ0n) is 9.35. The Balaban J connectivity index is 0.000000180. The van der Waals surface area contributed by atoms with Gasteiger partial charge < -0.3 is 0 Å². The van der Waals surface area contributed by atoms with Crippen molar-refractivity contribution in [3.8, 4) is 0 Å². The average molecular weight is 248 g/mol. The van der Waals surface area contributed by atoms with Crippen LogP contribution in [0.3, 0.4) is 0 Å². The Kier molecular flexibility index (Phi) is 5.38. The van der Waals surface area contributed by atoms with E-state index in [2.05, 4.69) is 0 Å². The van der Waals surface area contributed by atoms with Crippen LogP contribution in [0.4, 0.5) is 8.78 Å². The summed E-state index contributed by atoms with van der Waals surface area (Å²) in [6, 6.07) is 10.7. The largest absolute Gasteiger partial charge is 0.298 e. The van der Waals surface area contributed by atoms with Gasteiger partial charge in [-0.25, -0.2) is 8.78 Å². The maximum Gasteiger partial charge on any atom is 0.150 e. The molecule has 2 rings (SSSR count). The topological polar surface area (TPSA) is 34.1 Å². The second kappa shape index (κ2) is 7.06. The number of hydrogen-bond donors (Lipinski definition) is 0. The second-order valence-electron chi connectivity index (χ2n) is 3.34. The Morgan fingerprint density at radius 3 is 1.11 bits per heavy atom. The maximum atomic E-state index is 12.1. The molecule has 92 valence electrons. The molecule has 0 aromatic heterocycles. The Morgan fingerprint density at radius 1 is 0.611 bits per heavy atom. The molecule has 0 unspecified atom stereocenters. The lowest BCUT2D eigenvalue weighted by atomic mass is 10.2. The molecule has 0 bridgehead atoms. The van der Waals surface area contributed by atoms with Gasteiger partial charge in [-0.1, -0.05) is 0 Å². The van der Waals surface area contributed by atoms with Crippen molar-refractivity contribution < 1.29 is 18.4 Å². The van der Waals surface area contributed by atoms with E-state index in [0.29, 0.717) is 23.7 Å². The number of rotatable bonds is 2. The molecule has 2 aromatic carbocycles. The minimum atomic E-state index is -0.319. The Hall–Kier alpha value is -2.36. The molecule has 0 atom stereocenters. The lowest BCUT2D eigenvalue weighted by Gasteiger charge is -1.86. The van der Waals surface area contributed by atoms with Gasteiger partial charge in [-0.05, 0) is 48.5 Å². The first-order valence-corrected chi connectivity index (χ1v) is 5.07. The van der Waals surface area contributed by atoms with E-state index in [4.69, 9.17) is 0 Å². The zero-order chi connectivity index (χ0) is 13.4. The summed E-state index contributed by atoms with van der Waals surface area (Å²) in [6.45, 7) is 0. The minimum absolute atomic E-state index is 0.319. The molecular weight excluding hydrogens is 238 g/mol. The fourth-order valence-corrected chi connectivity index (χ4v) is 1.08. The monoisotopic (exact) mass is 248 g/mol. The predicted octanol–water partition coefficient (Wildman–Crippen LogP) is 3.28. The van der Waals surface area contributed by atoms with E-state index in [0.717, 1.165) is 0 Å². The molecule has 2 nitrogen and oxygen atoms in total. The van der Waals surface area contributed by atoms with Gasteiger partial charge in [0, 0.05) is 11.1 Å². The highest BCUT2D eigenvalue weighted by Crippen LogP contribution is 1.99. The minimum Gasteiger partial charge on any atom is -0.298 e. The summed E-state index contributed by atoms with van der Waals surface area (Å²) in [5.74, 6) is -0.638. The molecule has 0 N–H and O–H groups in total. The summed E-state index contributed by atoms with van der Waals surface area (Å²) >= 11 is 0. The van der Waals surface area contributed by atoms with Crippen LogP contribution >= 0.6 is 0 Å². The van der Waals surface area contributed by atoms with Crippen LogP contribution in [0.1, 0.15) is 20.7 Å². The smallest absolute Gasteiger partial charge is 0.150 e. The standard InChI is InChI=1S/2C7H5FO/c2*8-7-3-1-6(5-9)2-4-7/h2*1-5H. The SMILES string of the molecule is O=Cc1ccc(F)cc1.O=Cc1ccc(F)cc1. The van der Waals surface area contributed by atoms with Crippen LogP contribution in [0.15, 0.2) is 48.5 Å². The summed E-state index contributed by atoms with van der Waals surface area (Å²) in [5.41, 5.74) is 0.993. The van der Waals surface area contributed by atoms with Gasteiger partial charge >= 0.3 is 0 Å². The fraction of sp³-hybridized carbons (Fsp3) is 0. The summed E-state index contributed by atoms with van der Waals surface area (Å²) in [7, 11) is 0. The van der Waals surface area contributed by atoms with Gasteiger partial charge in [-0.3, -0.25) is 9.59 Å². The van der Waals surface area contributed by atoms with E-state index in [1.165, 1.54) is 48.5 Å². The zero-order valence-corrected chi connectivity index (χ0v) is 9.35. The number of benzene rings is 2. The van der Waals surface area contributed by atoms with Gasteiger partial charge in [-0.15, -0.1) is 0 Å². The first kappa shape index (κ1) is 13.7. The van der Waals surface area contributed by atoms with Crippen LogP contribution in [0.25, 0.3) is 0 Å². The number of aldehydes is 2. The maximum absolute atomic E-state index is 12.1. The van der Waals surface area contributed by atoms with Crippen molar-refractivity contribution in [1.82, 2.24) is 0 Å². The van der Waals surface area contributed by atoms with Gasteiger partial charge in [0.25, 0.3) is 0 Å². The molecule has 0 heterocycles. The molecule has 0 aliphatic heterocycles. The fourth-order valence-electron chi connectivity index (χ4n) is 1.08. The van der Waals surface area contributed by atoms with E-state index in [9.17, 15) is 18.4 Å². The highest BCUT2D eigenvalue weighted by atomic mass is 19.1. The third-order valence-corrected chi connectivity index (χ3v) is 2.01. The van der Waals surface area contributed by atoms with Gasteiger partial charge in [0.2, 0.25) is 0 Å². The molecule has 0 saturated heterocycles. The first-order chi connectivity index (χ1) is 8.65. The molecule has 18 heavy (non-hydrogen) atoms. The van der Waals surface area contributed by atoms with Crippen molar-refractivity contribution in [2.45, 2.75) is 0 Å². The normalized spacial score (nSPS) is 9.00. The quantitative estimate of drug-likeness (QED) is 0.764. The molecule has 0 aliphatic carbocycles. The van der Waals surface area contributed by atoms with E-state index in [1.807, 2.05) is 0 Å². The Labute approximate surface area is 103 Å². The van der Waals surface area contributed by atoms with E-state index in [-0.39, 0.29) is 11.6 Å². The Morgan fingerprint density at radius 2 is 0.889 bits per heavy atom. The molecule has 0 amide bonds. The average Bonchev–Trinajstić information content (AvgIpc) is 2.41. The van der Waals surface area contributed by atoms with Gasteiger partial charge in [0.05, 0.1) is 0 Å². The lowest BCUT2D eigenvalue weighted by Crippen LogP contribution is -1.77. The number of carbonyl (C=O) groups is 2. The Bertz CT molecular complexity index is 455. The van der Waals surface area contributed by atoms with Crippen LogP contribution in [0, 0.1) is 11.6 Å². The van der Waals surface area contributed by atoms with E-state index < -0.39 is 0 Å². The molecule has 0 fully saturated rings. The molecular formula is C14H10F2O2. The third kappa shape index (κ3) is 4.65. The molecule has 0 saturated carbocycles. The van der Waals surface area contributed by atoms with Crippen LogP contribution in [-0.4, -0.2) is 12.6 Å². The van der Waals surface area contributed by atoms with Crippen molar-refractivity contribution in [2.24, 2.45) is 0 Å². The van der Waals surface area contributed by atoms with Gasteiger partial charge in [0.1, 0.15) is 24.2 Å². The predicted molar refractivity (Wildman–Crippen MR) is 63.6 cm³/mol. The van der Waals surface area contributed by atoms with Crippen LogP contribution < -0.4 is 0 Å². The summed E-state index contributed by atoms with van der Waals surface area (Å²) < 4.78 is 24.2. The highest BCUT2D eigenvalue weighted by molar-refractivity contribution is 5.74. The number of halogens is 2. The highest BCUT2D eigenvalue weighted by Gasteiger charge is 1.88. The first-order valence-electron chi connectivity index (χ1n) is 5.07.